The Hall–Kier alpha value is -1.05. The van der Waals surface area contributed by atoms with E-state index in [4.69, 9.17) is 16.7 Å². The van der Waals surface area contributed by atoms with Gasteiger partial charge in [0.15, 0.2) is 0 Å². The highest BCUT2D eigenvalue weighted by molar-refractivity contribution is 9.09. The first-order valence-electron chi connectivity index (χ1n) is 4.33. The van der Waals surface area contributed by atoms with Gasteiger partial charge < -0.3 is 5.11 Å². The summed E-state index contributed by atoms with van der Waals surface area (Å²) in [5.74, 6) is 3.38. The van der Waals surface area contributed by atoms with Crippen molar-refractivity contribution in [2.75, 3.05) is 5.33 Å². The zero-order valence-corrected chi connectivity index (χ0v) is 10.4. The minimum atomic E-state index is -1.26. The molecule has 1 aromatic rings. The Balaban J connectivity index is 3.12. The number of alkyl halides is 1. The van der Waals surface area contributed by atoms with Crippen LogP contribution in [-0.2, 0) is 0 Å². The Morgan fingerprint density at radius 2 is 2.25 bits per heavy atom. The normalized spacial score (nSPS) is 9.44. The van der Waals surface area contributed by atoms with Gasteiger partial charge in [0, 0.05) is 11.8 Å². The lowest BCUT2D eigenvalue weighted by Gasteiger charge is -2.00. The summed E-state index contributed by atoms with van der Waals surface area (Å²) in [4.78, 5) is 10.7. The predicted molar refractivity (Wildman–Crippen MR) is 63.7 cm³/mol. The van der Waals surface area contributed by atoms with Gasteiger partial charge in [-0.3, -0.25) is 0 Å². The van der Waals surface area contributed by atoms with Crippen LogP contribution >= 0.6 is 27.5 Å². The van der Waals surface area contributed by atoms with Crippen LogP contribution in [-0.4, -0.2) is 16.4 Å². The second-order valence-electron chi connectivity index (χ2n) is 2.86. The second-order valence-corrected chi connectivity index (χ2v) is 4.06. The Bertz CT molecular complexity index is 477. The lowest BCUT2D eigenvalue weighted by molar-refractivity contribution is 0.0696. The molecule has 5 heteroatoms. The minimum Gasteiger partial charge on any atom is -0.478 e. The smallest absolute Gasteiger partial charge is 0.337 e. The first-order chi connectivity index (χ1) is 7.56. The molecule has 84 valence electrons. The van der Waals surface area contributed by atoms with Crippen LogP contribution in [0.25, 0.3) is 0 Å². The van der Waals surface area contributed by atoms with Crippen LogP contribution in [0.2, 0.25) is 5.02 Å². The molecule has 0 unspecified atom stereocenters. The number of carboxylic acid groups (broad SMARTS) is 1. The van der Waals surface area contributed by atoms with Crippen molar-refractivity contribution in [3.8, 4) is 11.8 Å². The molecular weight excluding hydrogens is 298 g/mol. The van der Waals surface area contributed by atoms with Crippen molar-refractivity contribution in [3.05, 3.63) is 34.1 Å². The third-order valence-corrected chi connectivity index (χ3v) is 2.44. The average Bonchev–Trinajstić information content (AvgIpc) is 2.22. The summed E-state index contributed by atoms with van der Waals surface area (Å²) < 4.78 is 13.4. The largest absolute Gasteiger partial charge is 0.478 e. The van der Waals surface area contributed by atoms with Crippen molar-refractivity contribution < 1.29 is 14.3 Å². The molecule has 0 aliphatic rings. The standard InChI is InChI=1S/C11H7BrClFO2/c12-4-2-1-3-7-5-9(13)8(11(15)16)6-10(7)14/h5-6H,2,4H2,(H,15,16). The minimum absolute atomic E-state index is 0.0166. The third-order valence-electron chi connectivity index (χ3n) is 1.73. The maximum atomic E-state index is 13.4. The highest BCUT2D eigenvalue weighted by Crippen LogP contribution is 2.20. The van der Waals surface area contributed by atoms with Crippen molar-refractivity contribution in [2.45, 2.75) is 6.42 Å². The molecule has 2 nitrogen and oxygen atoms in total. The van der Waals surface area contributed by atoms with Crippen molar-refractivity contribution in [2.24, 2.45) is 0 Å². The molecule has 0 atom stereocenters. The SMILES string of the molecule is O=C(O)c1cc(F)c(C#CCCBr)cc1Cl. The molecule has 0 aliphatic heterocycles. The fourth-order valence-corrected chi connectivity index (χ4v) is 1.45. The molecule has 16 heavy (non-hydrogen) atoms. The highest BCUT2D eigenvalue weighted by Gasteiger charge is 2.12. The fraction of sp³-hybridized carbons (Fsp3) is 0.182. The third kappa shape index (κ3) is 3.22. The molecule has 0 saturated heterocycles. The highest BCUT2D eigenvalue weighted by atomic mass is 79.9. The molecule has 0 aliphatic carbocycles. The van der Waals surface area contributed by atoms with Gasteiger partial charge >= 0.3 is 5.97 Å². The summed E-state index contributed by atoms with van der Waals surface area (Å²) in [6.07, 6.45) is 0.581. The summed E-state index contributed by atoms with van der Waals surface area (Å²) in [7, 11) is 0. The van der Waals surface area contributed by atoms with Gasteiger partial charge in [-0.2, -0.15) is 0 Å². The average molecular weight is 306 g/mol. The van der Waals surface area contributed by atoms with E-state index < -0.39 is 11.8 Å². The number of halogens is 3. The number of rotatable bonds is 2. The summed E-state index contributed by atoms with van der Waals surface area (Å²) in [5, 5.41) is 9.38. The summed E-state index contributed by atoms with van der Waals surface area (Å²) in [5.41, 5.74) is -0.152. The Morgan fingerprint density at radius 1 is 1.56 bits per heavy atom. The van der Waals surface area contributed by atoms with Gasteiger partial charge in [0.1, 0.15) is 5.82 Å². The summed E-state index contributed by atoms with van der Waals surface area (Å²) >= 11 is 8.87. The van der Waals surface area contributed by atoms with E-state index in [0.717, 1.165) is 6.07 Å². The van der Waals surface area contributed by atoms with Crippen LogP contribution in [0.4, 0.5) is 4.39 Å². The van der Waals surface area contributed by atoms with E-state index in [1.807, 2.05) is 0 Å². The van der Waals surface area contributed by atoms with Crippen LogP contribution in [0, 0.1) is 17.7 Å². The quantitative estimate of drug-likeness (QED) is 0.672. The van der Waals surface area contributed by atoms with Crippen LogP contribution in [0.1, 0.15) is 22.3 Å². The molecule has 1 N–H and O–H groups in total. The molecule has 0 aromatic heterocycles. The lowest BCUT2D eigenvalue weighted by Crippen LogP contribution is -1.99. The second kappa shape index (κ2) is 5.88. The first-order valence-corrected chi connectivity index (χ1v) is 5.83. The molecule has 0 amide bonds. The molecule has 0 radical (unpaired) electrons. The van der Waals surface area contributed by atoms with E-state index in [0.29, 0.717) is 11.8 Å². The summed E-state index contributed by atoms with van der Waals surface area (Å²) in [6, 6.07) is 2.10. The van der Waals surface area contributed by atoms with E-state index >= 15 is 0 Å². The fourth-order valence-electron chi connectivity index (χ4n) is 1.01. The van der Waals surface area contributed by atoms with Crippen molar-refractivity contribution >= 4 is 33.5 Å². The lowest BCUT2D eigenvalue weighted by atomic mass is 10.1. The molecule has 1 rings (SSSR count). The summed E-state index contributed by atoms with van der Waals surface area (Å²) in [6.45, 7) is 0. The maximum Gasteiger partial charge on any atom is 0.337 e. The van der Waals surface area contributed by atoms with Crippen molar-refractivity contribution in [1.29, 1.82) is 0 Å². The van der Waals surface area contributed by atoms with Crippen LogP contribution in [0.5, 0.6) is 0 Å². The van der Waals surface area contributed by atoms with Gasteiger partial charge in [-0.15, -0.1) is 0 Å². The molecular formula is C11H7BrClFO2. The number of hydrogen-bond donors (Lipinski definition) is 1. The van der Waals surface area contributed by atoms with Gasteiger partial charge in [-0.1, -0.05) is 39.4 Å². The van der Waals surface area contributed by atoms with E-state index in [1.165, 1.54) is 6.07 Å². The van der Waals surface area contributed by atoms with Gasteiger partial charge in [-0.05, 0) is 12.1 Å². The van der Waals surface area contributed by atoms with Gasteiger partial charge in [0.05, 0.1) is 16.1 Å². The topological polar surface area (TPSA) is 37.3 Å². The number of hydrogen-bond acceptors (Lipinski definition) is 1. The van der Waals surface area contributed by atoms with Crippen molar-refractivity contribution in [1.82, 2.24) is 0 Å². The first kappa shape index (κ1) is 13.0. The molecule has 0 bridgehead atoms. The van der Waals surface area contributed by atoms with Gasteiger partial charge in [-0.25, -0.2) is 9.18 Å². The van der Waals surface area contributed by atoms with E-state index in [9.17, 15) is 9.18 Å². The number of benzene rings is 1. The number of carboxylic acids is 1. The predicted octanol–water partition coefficient (Wildman–Crippen LogP) is 3.31. The monoisotopic (exact) mass is 304 g/mol. The van der Waals surface area contributed by atoms with E-state index in [-0.39, 0.29) is 16.1 Å². The number of aromatic carboxylic acids is 1. The molecule has 0 spiro atoms. The Labute approximate surface area is 106 Å². The van der Waals surface area contributed by atoms with Crippen LogP contribution < -0.4 is 0 Å². The zero-order valence-electron chi connectivity index (χ0n) is 8.06. The van der Waals surface area contributed by atoms with E-state index in [1.54, 1.807) is 0 Å². The van der Waals surface area contributed by atoms with Crippen LogP contribution in [0.15, 0.2) is 12.1 Å². The van der Waals surface area contributed by atoms with Crippen LogP contribution in [0.3, 0.4) is 0 Å². The molecule has 0 saturated carbocycles. The van der Waals surface area contributed by atoms with E-state index in [2.05, 4.69) is 27.8 Å². The molecule has 1 aromatic carbocycles. The molecule has 0 heterocycles. The van der Waals surface area contributed by atoms with Gasteiger partial charge in [0.25, 0.3) is 0 Å². The Kier molecular flexibility index (Phi) is 4.78. The van der Waals surface area contributed by atoms with Gasteiger partial charge in [0.2, 0.25) is 0 Å². The zero-order chi connectivity index (χ0) is 12.1. The number of carbonyl (C=O) groups is 1. The van der Waals surface area contributed by atoms with Crippen molar-refractivity contribution in [3.63, 3.8) is 0 Å². The maximum absolute atomic E-state index is 13.4. The Morgan fingerprint density at radius 3 is 2.81 bits per heavy atom. The molecule has 0 fully saturated rings.